The van der Waals surface area contributed by atoms with Gasteiger partial charge in [0.25, 0.3) is 0 Å². The van der Waals surface area contributed by atoms with Crippen molar-refractivity contribution in [1.29, 1.82) is 0 Å². The normalized spacial score (nSPS) is 13.8. The van der Waals surface area contributed by atoms with Crippen LogP contribution in [-0.4, -0.2) is 27.6 Å². The molecule has 17 heavy (non-hydrogen) atoms. The van der Waals surface area contributed by atoms with Crippen LogP contribution in [0, 0.1) is 0 Å². The lowest BCUT2D eigenvalue weighted by Crippen LogP contribution is -2.11. The number of methoxy groups -OCH3 is 2. The van der Waals surface area contributed by atoms with Gasteiger partial charge in [-0.05, 0) is 34.8 Å². The molecule has 0 spiro atoms. The number of rotatable bonds is 4. The summed E-state index contributed by atoms with van der Waals surface area (Å²) in [4.78, 5) is 0. The highest BCUT2D eigenvalue weighted by Crippen LogP contribution is 2.45. The smallest absolute Gasteiger partial charge is 0.188 e. The maximum atomic E-state index is 5.61. The van der Waals surface area contributed by atoms with Crippen LogP contribution in [-0.2, 0) is 11.2 Å². The monoisotopic (exact) mass is 302 g/mol. The summed E-state index contributed by atoms with van der Waals surface area (Å²) < 4.78 is 22.3. The molecule has 0 fully saturated rings. The van der Waals surface area contributed by atoms with Gasteiger partial charge >= 0.3 is 0 Å². The lowest BCUT2D eigenvalue weighted by molar-refractivity contribution is 0.0483. The Morgan fingerprint density at radius 1 is 1.35 bits per heavy atom. The summed E-state index contributed by atoms with van der Waals surface area (Å²) in [7, 11) is 3.22. The molecule has 1 heterocycles. The van der Waals surface area contributed by atoms with Gasteiger partial charge in [-0.1, -0.05) is 0 Å². The van der Waals surface area contributed by atoms with Crippen LogP contribution >= 0.6 is 15.9 Å². The van der Waals surface area contributed by atoms with Gasteiger partial charge in [0.05, 0.1) is 18.2 Å². The maximum absolute atomic E-state index is 5.61. The van der Waals surface area contributed by atoms with Gasteiger partial charge in [-0.25, -0.2) is 0 Å². The van der Waals surface area contributed by atoms with Crippen LogP contribution in [0.1, 0.15) is 12.0 Å². The Bertz CT molecular complexity index is 406. The second kappa shape index (κ2) is 5.60. The molecule has 0 unspecified atom stereocenters. The predicted molar refractivity (Wildman–Crippen MR) is 67.0 cm³/mol. The van der Waals surface area contributed by atoms with Crippen molar-refractivity contribution in [2.75, 3.05) is 27.6 Å². The van der Waals surface area contributed by atoms with Gasteiger partial charge < -0.3 is 18.9 Å². The lowest BCUT2D eigenvalue weighted by atomic mass is 10.0. The minimum absolute atomic E-state index is 0.189. The van der Waals surface area contributed by atoms with Crippen molar-refractivity contribution >= 4 is 15.9 Å². The molecule has 0 saturated heterocycles. The zero-order valence-corrected chi connectivity index (χ0v) is 11.5. The number of hydrogen-bond acceptors (Lipinski definition) is 4. The summed E-state index contributed by atoms with van der Waals surface area (Å²) in [5.41, 5.74) is 1.06. The molecule has 1 aromatic rings. The molecule has 0 bridgehead atoms. The standard InChI is InChI=1S/C12H15BrO4/c1-14-7-17-12-9(13)6-10-8(11(12)15-2)4-3-5-16-10/h6H,3-5,7H2,1-2H3. The second-order valence-electron chi connectivity index (χ2n) is 3.70. The van der Waals surface area contributed by atoms with Crippen molar-refractivity contribution in [1.82, 2.24) is 0 Å². The molecule has 0 aromatic heterocycles. The van der Waals surface area contributed by atoms with Crippen molar-refractivity contribution in [3.05, 3.63) is 16.1 Å². The summed E-state index contributed by atoms with van der Waals surface area (Å²) in [5, 5.41) is 0. The van der Waals surface area contributed by atoms with Gasteiger partial charge in [-0.2, -0.15) is 0 Å². The zero-order chi connectivity index (χ0) is 12.3. The summed E-state index contributed by atoms with van der Waals surface area (Å²) in [5.74, 6) is 2.26. The van der Waals surface area contributed by atoms with Crippen LogP contribution in [0.2, 0.25) is 0 Å². The highest BCUT2D eigenvalue weighted by atomic mass is 79.9. The van der Waals surface area contributed by atoms with E-state index in [0.717, 1.165) is 41.0 Å². The first-order valence-electron chi connectivity index (χ1n) is 5.41. The highest BCUT2D eigenvalue weighted by molar-refractivity contribution is 9.10. The number of fused-ring (bicyclic) bond motifs is 1. The van der Waals surface area contributed by atoms with Crippen molar-refractivity contribution in [3.63, 3.8) is 0 Å². The van der Waals surface area contributed by atoms with E-state index in [2.05, 4.69) is 15.9 Å². The third-order valence-corrected chi connectivity index (χ3v) is 3.20. The van der Waals surface area contributed by atoms with E-state index in [1.165, 1.54) is 0 Å². The Morgan fingerprint density at radius 3 is 2.88 bits per heavy atom. The van der Waals surface area contributed by atoms with Crippen LogP contribution in [0.15, 0.2) is 10.5 Å². The molecule has 0 radical (unpaired) electrons. The van der Waals surface area contributed by atoms with Gasteiger partial charge in [0, 0.05) is 12.7 Å². The van der Waals surface area contributed by atoms with Crippen LogP contribution in [0.25, 0.3) is 0 Å². The van der Waals surface area contributed by atoms with Crippen molar-refractivity contribution < 1.29 is 18.9 Å². The van der Waals surface area contributed by atoms with E-state index in [9.17, 15) is 0 Å². The van der Waals surface area contributed by atoms with Gasteiger partial charge in [-0.3, -0.25) is 0 Å². The molecule has 0 atom stereocenters. The summed E-state index contributed by atoms with van der Waals surface area (Å²) in [6, 6.07) is 1.92. The van der Waals surface area contributed by atoms with E-state index in [1.807, 2.05) is 6.07 Å². The number of halogens is 1. The quantitative estimate of drug-likeness (QED) is 0.802. The van der Waals surface area contributed by atoms with Crippen molar-refractivity contribution in [2.24, 2.45) is 0 Å². The molecular formula is C12H15BrO4. The van der Waals surface area contributed by atoms with Crippen LogP contribution in [0.5, 0.6) is 17.2 Å². The minimum atomic E-state index is 0.189. The van der Waals surface area contributed by atoms with Gasteiger partial charge in [0.1, 0.15) is 5.75 Å². The zero-order valence-electron chi connectivity index (χ0n) is 9.92. The molecular weight excluding hydrogens is 288 g/mol. The van der Waals surface area contributed by atoms with Crippen molar-refractivity contribution in [3.8, 4) is 17.2 Å². The molecule has 0 N–H and O–H groups in total. The minimum Gasteiger partial charge on any atom is -0.493 e. The molecule has 2 rings (SSSR count). The first-order chi connectivity index (χ1) is 8.27. The number of ether oxygens (including phenoxy) is 4. The fraction of sp³-hybridized carbons (Fsp3) is 0.500. The van der Waals surface area contributed by atoms with Crippen LogP contribution in [0.3, 0.4) is 0 Å². The van der Waals surface area contributed by atoms with E-state index in [1.54, 1.807) is 14.2 Å². The van der Waals surface area contributed by atoms with E-state index < -0.39 is 0 Å². The Morgan fingerprint density at radius 2 is 2.18 bits per heavy atom. The molecule has 1 aliphatic heterocycles. The average molecular weight is 303 g/mol. The Hall–Kier alpha value is -0.940. The van der Waals surface area contributed by atoms with E-state index >= 15 is 0 Å². The Labute approximate surface area is 109 Å². The largest absolute Gasteiger partial charge is 0.493 e. The maximum Gasteiger partial charge on any atom is 0.188 e. The average Bonchev–Trinajstić information content (AvgIpc) is 2.35. The van der Waals surface area contributed by atoms with Gasteiger partial charge in [0.2, 0.25) is 0 Å². The van der Waals surface area contributed by atoms with Crippen molar-refractivity contribution in [2.45, 2.75) is 12.8 Å². The molecule has 0 aliphatic carbocycles. The first kappa shape index (κ1) is 12.5. The SMILES string of the molecule is COCOc1c(Br)cc2c(c1OC)CCCO2. The summed E-state index contributed by atoms with van der Waals surface area (Å²) >= 11 is 3.46. The Balaban J connectivity index is 2.43. The fourth-order valence-electron chi connectivity index (χ4n) is 1.89. The van der Waals surface area contributed by atoms with E-state index in [-0.39, 0.29) is 6.79 Å². The third-order valence-electron chi connectivity index (χ3n) is 2.61. The molecule has 94 valence electrons. The Kier molecular flexibility index (Phi) is 4.12. The molecule has 1 aliphatic rings. The van der Waals surface area contributed by atoms with Gasteiger partial charge in [0.15, 0.2) is 18.3 Å². The van der Waals surface area contributed by atoms with Crippen LogP contribution < -0.4 is 14.2 Å². The first-order valence-corrected chi connectivity index (χ1v) is 6.21. The molecule has 1 aromatic carbocycles. The lowest BCUT2D eigenvalue weighted by Gasteiger charge is -2.22. The second-order valence-corrected chi connectivity index (χ2v) is 4.55. The molecule has 5 heteroatoms. The number of hydrogen-bond donors (Lipinski definition) is 0. The summed E-state index contributed by atoms with van der Waals surface area (Å²) in [6.45, 7) is 0.940. The summed E-state index contributed by atoms with van der Waals surface area (Å²) in [6.07, 6.45) is 1.93. The molecule has 0 saturated carbocycles. The van der Waals surface area contributed by atoms with E-state index in [4.69, 9.17) is 18.9 Å². The predicted octanol–water partition coefficient (Wildman–Crippen LogP) is 2.77. The fourth-order valence-corrected chi connectivity index (χ4v) is 2.39. The van der Waals surface area contributed by atoms with E-state index in [0.29, 0.717) is 5.75 Å². The van der Waals surface area contributed by atoms with Gasteiger partial charge in [-0.15, -0.1) is 0 Å². The van der Waals surface area contributed by atoms with Crippen LogP contribution in [0.4, 0.5) is 0 Å². The molecule has 4 nitrogen and oxygen atoms in total. The highest BCUT2D eigenvalue weighted by Gasteiger charge is 2.22. The number of benzene rings is 1. The molecule has 0 amide bonds. The topological polar surface area (TPSA) is 36.9 Å². The third kappa shape index (κ3) is 2.50.